The third-order valence-corrected chi connectivity index (χ3v) is 6.60. The van der Waals surface area contributed by atoms with Gasteiger partial charge in [-0.15, -0.1) is 0 Å². The van der Waals surface area contributed by atoms with Crippen molar-refractivity contribution in [1.82, 2.24) is 25.1 Å². The largest absolute Gasteiger partial charge is 0.349 e. The molecule has 4 atom stereocenters. The molecule has 0 unspecified atom stereocenters. The third kappa shape index (κ3) is 4.34. The zero-order valence-corrected chi connectivity index (χ0v) is 17.4. The van der Waals surface area contributed by atoms with Gasteiger partial charge in [0.05, 0.1) is 12.2 Å². The van der Waals surface area contributed by atoms with Gasteiger partial charge in [0.25, 0.3) is 5.91 Å². The van der Waals surface area contributed by atoms with Crippen molar-refractivity contribution in [2.75, 3.05) is 26.2 Å². The van der Waals surface area contributed by atoms with Gasteiger partial charge in [0.2, 0.25) is 5.91 Å². The first kappa shape index (κ1) is 20.0. The van der Waals surface area contributed by atoms with Crippen LogP contribution in [0.25, 0.3) is 0 Å². The van der Waals surface area contributed by atoms with Crippen LogP contribution in [0.4, 0.5) is 0 Å². The van der Waals surface area contributed by atoms with Gasteiger partial charge in [0, 0.05) is 51.0 Å². The molecule has 156 valence electrons. The fraction of sp³-hybridized carbons (Fsp3) is 0.636. The summed E-state index contributed by atoms with van der Waals surface area (Å²) in [6.07, 6.45) is 10.7. The lowest BCUT2D eigenvalue weighted by Gasteiger charge is -2.56. The number of carbonyl (C=O) groups excluding carboxylic acids is 2. The van der Waals surface area contributed by atoms with E-state index in [0.717, 1.165) is 38.9 Å². The molecule has 0 aromatic carbocycles. The molecule has 3 saturated heterocycles. The summed E-state index contributed by atoms with van der Waals surface area (Å²) in [6, 6.07) is 0.361. The Morgan fingerprint density at radius 1 is 1.28 bits per heavy atom. The molecule has 29 heavy (non-hydrogen) atoms. The van der Waals surface area contributed by atoms with Crippen LogP contribution in [0.3, 0.4) is 0 Å². The Labute approximate surface area is 172 Å². The van der Waals surface area contributed by atoms with Crippen molar-refractivity contribution < 1.29 is 9.59 Å². The first-order valence-electron chi connectivity index (χ1n) is 10.7. The Balaban J connectivity index is 1.50. The predicted molar refractivity (Wildman–Crippen MR) is 110 cm³/mol. The molecule has 0 radical (unpaired) electrons. The summed E-state index contributed by atoms with van der Waals surface area (Å²) in [5.74, 6) is 0.959. The van der Waals surface area contributed by atoms with E-state index in [2.05, 4.69) is 45.0 Å². The number of carbonyl (C=O) groups is 2. The maximum Gasteiger partial charge on any atom is 0.271 e. The highest BCUT2D eigenvalue weighted by Crippen LogP contribution is 2.41. The standard InChI is InChI=1S/C22H31N5O2/c1-15(2)6-9-26-13-16-10-17(14-26)20(27-19(16)4-3-5-21(27)28)12-25-22(29)18-11-23-7-8-24-18/h6-8,11,16-17,19-20H,3-5,9-10,12-14H2,1-2H3,(H,25,29)/t16-,17+,19+,20+/m1/s1. The van der Waals surface area contributed by atoms with Crippen molar-refractivity contribution in [3.05, 3.63) is 35.9 Å². The molecule has 7 nitrogen and oxygen atoms in total. The monoisotopic (exact) mass is 397 g/mol. The summed E-state index contributed by atoms with van der Waals surface area (Å²) >= 11 is 0. The van der Waals surface area contributed by atoms with Crippen LogP contribution in [0.15, 0.2) is 30.2 Å². The number of allylic oxidation sites excluding steroid dienone is 1. The molecule has 1 aromatic rings. The van der Waals surface area contributed by atoms with E-state index in [-0.39, 0.29) is 17.9 Å². The summed E-state index contributed by atoms with van der Waals surface area (Å²) in [6.45, 7) is 7.75. The Hall–Kier alpha value is -2.28. The van der Waals surface area contributed by atoms with Crippen LogP contribution in [0, 0.1) is 11.8 Å². The van der Waals surface area contributed by atoms with Crippen LogP contribution in [-0.4, -0.2) is 69.8 Å². The molecule has 3 fully saturated rings. The Morgan fingerprint density at radius 2 is 2.10 bits per heavy atom. The average Bonchev–Trinajstić information content (AvgIpc) is 2.73. The molecule has 7 heteroatoms. The number of nitrogens with zero attached hydrogens (tertiary/aromatic N) is 4. The van der Waals surface area contributed by atoms with Crippen LogP contribution >= 0.6 is 0 Å². The average molecular weight is 398 g/mol. The number of fused-ring (bicyclic) bond motifs is 4. The molecule has 2 amide bonds. The van der Waals surface area contributed by atoms with Crippen molar-refractivity contribution >= 4 is 11.8 Å². The van der Waals surface area contributed by atoms with Crippen LogP contribution in [0.2, 0.25) is 0 Å². The van der Waals surface area contributed by atoms with Crippen molar-refractivity contribution in [2.24, 2.45) is 11.8 Å². The summed E-state index contributed by atoms with van der Waals surface area (Å²) in [5, 5.41) is 3.02. The summed E-state index contributed by atoms with van der Waals surface area (Å²) < 4.78 is 0. The minimum atomic E-state index is -0.224. The number of aromatic nitrogens is 2. The molecule has 2 bridgehead atoms. The topological polar surface area (TPSA) is 78.4 Å². The highest BCUT2D eigenvalue weighted by molar-refractivity contribution is 5.91. The zero-order valence-electron chi connectivity index (χ0n) is 17.4. The molecule has 3 aliphatic heterocycles. The van der Waals surface area contributed by atoms with Gasteiger partial charge in [0.15, 0.2) is 0 Å². The van der Waals surface area contributed by atoms with Crippen LogP contribution in [0.1, 0.15) is 50.0 Å². The van der Waals surface area contributed by atoms with E-state index in [0.29, 0.717) is 36.5 Å². The Morgan fingerprint density at radius 3 is 2.86 bits per heavy atom. The van der Waals surface area contributed by atoms with Crippen molar-refractivity contribution in [1.29, 1.82) is 0 Å². The maximum absolute atomic E-state index is 12.8. The second-order valence-corrected chi connectivity index (χ2v) is 8.88. The van der Waals surface area contributed by atoms with E-state index in [1.165, 1.54) is 18.0 Å². The number of likely N-dealkylation sites (tertiary alicyclic amines) is 1. The van der Waals surface area contributed by atoms with Crippen LogP contribution in [0.5, 0.6) is 0 Å². The summed E-state index contributed by atoms with van der Waals surface area (Å²) in [7, 11) is 0. The van der Waals surface area contributed by atoms with Gasteiger partial charge in [-0.05, 0) is 44.9 Å². The normalized spacial score (nSPS) is 29.2. The van der Waals surface area contributed by atoms with Gasteiger partial charge in [-0.2, -0.15) is 0 Å². The fourth-order valence-electron chi connectivity index (χ4n) is 5.30. The van der Waals surface area contributed by atoms with E-state index in [1.54, 1.807) is 6.20 Å². The summed E-state index contributed by atoms with van der Waals surface area (Å²) in [5.41, 5.74) is 1.65. The fourth-order valence-corrected chi connectivity index (χ4v) is 5.30. The number of rotatable bonds is 5. The minimum Gasteiger partial charge on any atom is -0.349 e. The lowest BCUT2D eigenvalue weighted by atomic mass is 9.72. The SMILES string of the molecule is CC(C)=CCN1C[C@H]2C[C@@H](C1)[C@H](CNC(=O)c1cnccn1)N1C(=O)CCC[C@@H]21. The Bertz CT molecular complexity index is 777. The van der Waals surface area contributed by atoms with Crippen molar-refractivity contribution in [2.45, 2.75) is 51.6 Å². The number of hydrogen-bond donors (Lipinski definition) is 1. The molecule has 0 aliphatic carbocycles. The van der Waals surface area contributed by atoms with Gasteiger partial charge in [-0.25, -0.2) is 4.98 Å². The molecule has 3 aliphatic rings. The Kier molecular flexibility index (Phi) is 5.94. The van der Waals surface area contributed by atoms with E-state index in [1.807, 2.05) is 0 Å². The maximum atomic E-state index is 12.8. The van der Waals surface area contributed by atoms with Gasteiger partial charge in [-0.1, -0.05) is 11.6 Å². The molecular weight excluding hydrogens is 366 g/mol. The third-order valence-electron chi connectivity index (χ3n) is 6.60. The zero-order chi connectivity index (χ0) is 20.4. The van der Waals surface area contributed by atoms with E-state index in [4.69, 9.17) is 0 Å². The predicted octanol–water partition coefficient (Wildman–Crippen LogP) is 1.87. The molecule has 4 rings (SSSR count). The summed E-state index contributed by atoms with van der Waals surface area (Å²) in [4.78, 5) is 38.1. The van der Waals surface area contributed by atoms with E-state index in [9.17, 15) is 9.59 Å². The minimum absolute atomic E-state index is 0.0548. The molecule has 0 saturated carbocycles. The molecule has 4 heterocycles. The van der Waals surface area contributed by atoms with Gasteiger partial charge >= 0.3 is 0 Å². The van der Waals surface area contributed by atoms with Crippen LogP contribution in [-0.2, 0) is 4.79 Å². The van der Waals surface area contributed by atoms with Gasteiger partial charge in [-0.3, -0.25) is 19.5 Å². The number of piperidine rings is 3. The highest BCUT2D eigenvalue weighted by atomic mass is 16.2. The van der Waals surface area contributed by atoms with Gasteiger partial charge in [0.1, 0.15) is 5.69 Å². The van der Waals surface area contributed by atoms with E-state index >= 15 is 0 Å². The number of amides is 2. The highest BCUT2D eigenvalue weighted by Gasteiger charge is 2.49. The molecule has 1 aromatic heterocycles. The molecule has 1 N–H and O–H groups in total. The van der Waals surface area contributed by atoms with Crippen LogP contribution < -0.4 is 5.32 Å². The second-order valence-electron chi connectivity index (χ2n) is 8.88. The van der Waals surface area contributed by atoms with Crippen molar-refractivity contribution in [3.63, 3.8) is 0 Å². The van der Waals surface area contributed by atoms with Crippen molar-refractivity contribution in [3.8, 4) is 0 Å². The lowest BCUT2D eigenvalue weighted by Crippen LogP contribution is -2.67. The van der Waals surface area contributed by atoms with Gasteiger partial charge < -0.3 is 10.2 Å². The number of nitrogens with one attached hydrogen (secondary N) is 1. The smallest absolute Gasteiger partial charge is 0.271 e. The molecular formula is C22H31N5O2. The first-order chi connectivity index (χ1) is 14.0. The number of hydrogen-bond acceptors (Lipinski definition) is 5. The first-order valence-corrected chi connectivity index (χ1v) is 10.7. The molecule has 0 spiro atoms. The second kappa shape index (κ2) is 8.61. The lowest BCUT2D eigenvalue weighted by molar-refractivity contribution is -0.152. The van der Waals surface area contributed by atoms with E-state index < -0.39 is 0 Å². The quantitative estimate of drug-likeness (QED) is 0.768.